The van der Waals surface area contributed by atoms with Gasteiger partial charge in [0.05, 0.1) is 18.0 Å². The monoisotopic (exact) mass is 260 g/mol. The van der Waals surface area contributed by atoms with Gasteiger partial charge < -0.3 is 5.11 Å². The Labute approximate surface area is 111 Å². The average Bonchev–Trinajstić information content (AvgIpc) is 3.10. The number of benzene rings is 1. The molecular formula is C15H17FN2O. The van der Waals surface area contributed by atoms with Crippen LogP contribution in [0.25, 0.3) is 11.3 Å². The molecule has 1 aromatic carbocycles. The lowest BCUT2D eigenvalue weighted by atomic mass is 9.93. The number of H-pyrrole nitrogens is 1. The van der Waals surface area contributed by atoms with Crippen molar-refractivity contribution in [2.45, 2.75) is 31.8 Å². The Kier molecular flexibility index (Phi) is 3.34. The molecule has 1 aliphatic rings. The number of halogens is 1. The molecule has 4 heteroatoms. The topological polar surface area (TPSA) is 48.9 Å². The van der Waals surface area contributed by atoms with Crippen molar-refractivity contribution in [2.24, 2.45) is 5.92 Å². The Morgan fingerprint density at radius 3 is 2.58 bits per heavy atom. The number of aliphatic hydroxyl groups is 1. The van der Waals surface area contributed by atoms with E-state index in [0.29, 0.717) is 5.92 Å². The highest BCUT2D eigenvalue weighted by Crippen LogP contribution is 2.38. The first-order chi connectivity index (χ1) is 9.25. The van der Waals surface area contributed by atoms with Crippen molar-refractivity contribution < 1.29 is 9.50 Å². The summed E-state index contributed by atoms with van der Waals surface area (Å²) in [4.78, 5) is 0. The molecular weight excluding hydrogens is 243 g/mol. The Balaban J connectivity index is 1.91. The summed E-state index contributed by atoms with van der Waals surface area (Å²) in [6.45, 7) is 0. The second-order valence-electron chi connectivity index (χ2n) is 5.20. The number of hydrogen-bond acceptors (Lipinski definition) is 2. The van der Waals surface area contributed by atoms with Gasteiger partial charge in [0.15, 0.2) is 0 Å². The first kappa shape index (κ1) is 12.4. The van der Waals surface area contributed by atoms with Gasteiger partial charge in [-0.3, -0.25) is 5.10 Å². The van der Waals surface area contributed by atoms with Gasteiger partial charge in [-0.2, -0.15) is 5.10 Å². The average molecular weight is 260 g/mol. The fraction of sp³-hybridized carbons (Fsp3) is 0.400. The van der Waals surface area contributed by atoms with Crippen LogP contribution in [-0.4, -0.2) is 15.3 Å². The van der Waals surface area contributed by atoms with Crippen molar-refractivity contribution in [3.8, 4) is 11.3 Å². The predicted octanol–water partition coefficient (Wildman–Crippen LogP) is 3.44. The van der Waals surface area contributed by atoms with Gasteiger partial charge in [0.2, 0.25) is 0 Å². The molecule has 2 aromatic rings. The summed E-state index contributed by atoms with van der Waals surface area (Å²) in [5, 5.41) is 17.4. The molecule has 1 aromatic heterocycles. The quantitative estimate of drug-likeness (QED) is 0.888. The van der Waals surface area contributed by atoms with Crippen molar-refractivity contribution in [3.63, 3.8) is 0 Å². The third-order valence-electron chi connectivity index (χ3n) is 3.97. The van der Waals surface area contributed by atoms with Gasteiger partial charge in [-0.05, 0) is 43.0 Å². The third kappa shape index (κ3) is 2.40. The zero-order valence-electron chi connectivity index (χ0n) is 10.6. The highest BCUT2D eigenvalue weighted by atomic mass is 19.1. The maximum absolute atomic E-state index is 13.0. The summed E-state index contributed by atoms with van der Waals surface area (Å²) in [5.74, 6) is 0.0537. The molecule has 3 nitrogen and oxygen atoms in total. The van der Waals surface area contributed by atoms with Crippen LogP contribution in [0.2, 0.25) is 0 Å². The molecule has 1 saturated carbocycles. The van der Waals surface area contributed by atoms with E-state index < -0.39 is 6.10 Å². The number of nitrogens with one attached hydrogen (secondary N) is 1. The summed E-state index contributed by atoms with van der Waals surface area (Å²) in [6, 6.07) is 6.24. The molecule has 2 N–H and O–H groups in total. The molecule has 100 valence electrons. The Morgan fingerprint density at radius 1 is 1.21 bits per heavy atom. The van der Waals surface area contributed by atoms with Crippen LogP contribution in [0.5, 0.6) is 0 Å². The number of rotatable bonds is 3. The van der Waals surface area contributed by atoms with E-state index in [2.05, 4.69) is 10.2 Å². The van der Waals surface area contributed by atoms with Gasteiger partial charge in [0.1, 0.15) is 5.82 Å². The van der Waals surface area contributed by atoms with E-state index >= 15 is 0 Å². The van der Waals surface area contributed by atoms with Crippen LogP contribution in [-0.2, 0) is 0 Å². The van der Waals surface area contributed by atoms with E-state index in [1.54, 1.807) is 18.3 Å². The van der Waals surface area contributed by atoms with Gasteiger partial charge in [-0.25, -0.2) is 4.39 Å². The van der Waals surface area contributed by atoms with Crippen LogP contribution >= 0.6 is 0 Å². The lowest BCUT2D eigenvalue weighted by Gasteiger charge is -2.17. The minimum Gasteiger partial charge on any atom is -0.388 e. The molecule has 1 fully saturated rings. The normalized spacial score (nSPS) is 17.8. The van der Waals surface area contributed by atoms with Crippen LogP contribution < -0.4 is 0 Å². The number of aliphatic hydroxyl groups excluding tert-OH is 1. The third-order valence-corrected chi connectivity index (χ3v) is 3.97. The predicted molar refractivity (Wildman–Crippen MR) is 70.9 cm³/mol. The second kappa shape index (κ2) is 5.13. The van der Waals surface area contributed by atoms with Crippen molar-refractivity contribution in [1.29, 1.82) is 0 Å². The first-order valence-electron chi connectivity index (χ1n) is 6.73. The lowest BCUT2D eigenvalue weighted by molar-refractivity contribution is 0.112. The largest absolute Gasteiger partial charge is 0.388 e. The minimum atomic E-state index is -0.485. The summed E-state index contributed by atoms with van der Waals surface area (Å²) < 4.78 is 13.0. The van der Waals surface area contributed by atoms with Crippen LogP contribution in [0.1, 0.15) is 37.4 Å². The molecule has 0 bridgehead atoms. The van der Waals surface area contributed by atoms with Crippen molar-refractivity contribution >= 4 is 0 Å². The van der Waals surface area contributed by atoms with Crippen LogP contribution in [0.15, 0.2) is 30.5 Å². The summed E-state index contributed by atoms with van der Waals surface area (Å²) >= 11 is 0. The molecule has 0 spiro atoms. The first-order valence-corrected chi connectivity index (χ1v) is 6.73. The Hall–Kier alpha value is -1.68. The molecule has 1 unspecified atom stereocenters. The molecule has 0 saturated heterocycles. The van der Waals surface area contributed by atoms with Gasteiger partial charge >= 0.3 is 0 Å². The summed E-state index contributed by atoms with van der Waals surface area (Å²) in [6.07, 6.45) is 5.70. The van der Waals surface area contributed by atoms with Crippen LogP contribution in [0, 0.1) is 11.7 Å². The van der Waals surface area contributed by atoms with Crippen molar-refractivity contribution in [1.82, 2.24) is 10.2 Å². The lowest BCUT2D eigenvalue weighted by Crippen LogP contribution is -2.09. The molecule has 0 amide bonds. The van der Waals surface area contributed by atoms with E-state index in [1.807, 2.05) is 0 Å². The maximum atomic E-state index is 13.0. The molecule has 3 rings (SSSR count). The van der Waals surface area contributed by atoms with Gasteiger partial charge in [-0.1, -0.05) is 12.8 Å². The Morgan fingerprint density at radius 2 is 1.89 bits per heavy atom. The molecule has 1 heterocycles. The highest BCUT2D eigenvalue weighted by Gasteiger charge is 2.27. The number of aromatic amines is 1. The fourth-order valence-corrected chi connectivity index (χ4v) is 2.89. The van der Waals surface area contributed by atoms with E-state index in [0.717, 1.165) is 29.7 Å². The number of hydrogen-bond donors (Lipinski definition) is 2. The second-order valence-corrected chi connectivity index (χ2v) is 5.20. The molecule has 0 aliphatic heterocycles. The van der Waals surface area contributed by atoms with Crippen molar-refractivity contribution in [3.05, 3.63) is 41.8 Å². The van der Waals surface area contributed by atoms with Crippen molar-refractivity contribution in [2.75, 3.05) is 0 Å². The van der Waals surface area contributed by atoms with Crippen LogP contribution in [0.3, 0.4) is 0 Å². The van der Waals surface area contributed by atoms with E-state index in [-0.39, 0.29) is 5.82 Å². The molecule has 0 radical (unpaired) electrons. The fourth-order valence-electron chi connectivity index (χ4n) is 2.89. The van der Waals surface area contributed by atoms with E-state index in [9.17, 15) is 9.50 Å². The smallest absolute Gasteiger partial charge is 0.123 e. The SMILES string of the molecule is OC(c1cn[nH]c1-c1ccc(F)cc1)C1CCCC1. The molecule has 1 atom stereocenters. The maximum Gasteiger partial charge on any atom is 0.123 e. The zero-order chi connectivity index (χ0) is 13.2. The number of aromatic nitrogens is 2. The van der Waals surface area contributed by atoms with Gasteiger partial charge in [-0.15, -0.1) is 0 Å². The minimum absolute atomic E-state index is 0.263. The number of nitrogens with zero attached hydrogens (tertiary/aromatic N) is 1. The standard InChI is InChI=1S/C15H17FN2O/c16-12-7-5-10(6-8-12)14-13(9-17-18-14)15(19)11-3-1-2-4-11/h5-9,11,15,19H,1-4H2,(H,17,18). The van der Waals surface area contributed by atoms with Gasteiger partial charge in [0.25, 0.3) is 0 Å². The highest BCUT2D eigenvalue weighted by molar-refractivity contribution is 5.63. The van der Waals surface area contributed by atoms with E-state index in [4.69, 9.17) is 0 Å². The van der Waals surface area contributed by atoms with Crippen LogP contribution in [0.4, 0.5) is 4.39 Å². The molecule has 1 aliphatic carbocycles. The van der Waals surface area contributed by atoms with Gasteiger partial charge in [0, 0.05) is 11.1 Å². The Bertz CT molecular complexity index is 544. The summed E-state index contributed by atoms with van der Waals surface area (Å²) in [5.41, 5.74) is 2.46. The zero-order valence-corrected chi connectivity index (χ0v) is 10.6. The summed E-state index contributed by atoms with van der Waals surface area (Å²) in [7, 11) is 0. The van der Waals surface area contributed by atoms with E-state index in [1.165, 1.54) is 25.0 Å². The molecule has 19 heavy (non-hydrogen) atoms.